The quantitative estimate of drug-likeness (QED) is 0.666. The molecule has 0 fully saturated rings. The van der Waals surface area contributed by atoms with E-state index in [9.17, 15) is 9.18 Å². The fourth-order valence-corrected chi connectivity index (χ4v) is 3.62. The average Bonchev–Trinajstić information content (AvgIpc) is 3.04. The number of carbonyl (C=O) groups excluding carboxylic acids is 1. The minimum atomic E-state index is -0.256. The second-order valence-corrected chi connectivity index (χ2v) is 7.10. The molecule has 26 heavy (non-hydrogen) atoms. The summed E-state index contributed by atoms with van der Waals surface area (Å²) in [6, 6.07) is 8.37. The first-order chi connectivity index (χ1) is 12.5. The molecule has 5 nitrogen and oxygen atoms in total. The standard InChI is InChI=1S/C19H21FN4OS/c1-3-15-10-16-18(23-12(2)24-19(16)26-15)22-11-17(25)21-9-8-13-4-6-14(20)7-5-13/h4-7,10H,3,8-9,11H2,1-2H3,(H,21,25)(H,22,23,24). The molecule has 0 saturated heterocycles. The van der Waals surface area contributed by atoms with Gasteiger partial charge in [0.1, 0.15) is 22.3 Å². The van der Waals surface area contributed by atoms with E-state index < -0.39 is 0 Å². The van der Waals surface area contributed by atoms with Gasteiger partial charge in [0, 0.05) is 11.4 Å². The van der Waals surface area contributed by atoms with Crippen LogP contribution in [0.15, 0.2) is 30.3 Å². The number of thiophene rings is 1. The Hall–Kier alpha value is -2.54. The smallest absolute Gasteiger partial charge is 0.239 e. The number of hydrogen-bond donors (Lipinski definition) is 2. The van der Waals surface area contributed by atoms with Crippen molar-refractivity contribution in [1.29, 1.82) is 0 Å². The van der Waals surface area contributed by atoms with Crippen LogP contribution in [0.2, 0.25) is 0 Å². The summed E-state index contributed by atoms with van der Waals surface area (Å²) < 4.78 is 12.9. The highest BCUT2D eigenvalue weighted by atomic mass is 32.1. The predicted molar refractivity (Wildman–Crippen MR) is 103 cm³/mol. The van der Waals surface area contributed by atoms with E-state index in [1.807, 2.05) is 6.92 Å². The number of carbonyl (C=O) groups is 1. The molecule has 2 heterocycles. The van der Waals surface area contributed by atoms with Gasteiger partial charge >= 0.3 is 0 Å². The van der Waals surface area contributed by atoms with Gasteiger partial charge in [-0.15, -0.1) is 11.3 Å². The fourth-order valence-electron chi connectivity index (χ4n) is 2.61. The number of hydrogen-bond acceptors (Lipinski definition) is 5. The number of halogens is 1. The van der Waals surface area contributed by atoms with Crippen molar-refractivity contribution >= 4 is 33.3 Å². The monoisotopic (exact) mass is 372 g/mol. The van der Waals surface area contributed by atoms with Gasteiger partial charge < -0.3 is 10.6 Å². The first kappa shape index (κ1) is 18.3. The highest BCUT2D eigenvalue weighted by Gasteiger charge is 2.11. The summed E-state index contributed by atoms with van der Waals surface area (Å²) in [5.41, 5.74) is 0.984. The lowest BCUT2D eigenvalue weighted by Crippen LogP contribution is -2.31. The van der Waals surface area contributed by atoms with Crippen LogP contribution in [0.1, 0.15) is 23.2 Å². The van der Waals surface area contributed by atoms with Gasteiger partial charge in [-0.1, -0.05) is 19.1 Å². The number of fused-ring (bicyclic) bond motifs is 1. The predicted octanol–water partition coefficient (Wildman–Crippen LogP) is 3.47. The van der Waals surface area contributed by atoms with Crippen molar-refractivity contribution in [3.05, 3.63) is 52.4 Å². The van der Waals surface area contributed by atoms with Gasteiger partial charge in [-0.25, -0.2) is 14.4 Å². The van der Waals surface area contributed by atoms with E-state index in [0.717, 1.165) is 22.2 Å². The maximum absolute atomic E-state index is 12.9. The lowest BCUT2D eigenvalue weighted by molar-refractivity contribution is -0.119. The van der Waals surface area contributed by atoms with Gasteiger partial charge in [0.05, 0.1) is 11.9 Å². The Labute approximate surface area is 155 Å². The Balaban J connectivity index is 1.55. The third-order valence-electron chi connectivity index (χ3n) is 3.97. The molecular weight excluding hydrogens is 351 g/mol. The number of aryl methyl sites for hydroxylation is 2. The summed E-state index contributed by atoms with van der Waals surface area (Å²) in [6.45, 7) is 4.60. The molecule has 0 aliphatic heterocycles. The van der Waals surface area contributed by atoms with Crippen LogP contribution in [0.4, 0.5) is 10.2 Å². The summed E-state index contributed by atoms with van der Waals surface area (Å²) >= 11 is 1.65. The Morgan fingerprint density at radius 2 is 2.00 bits per heavy atom. The van der Waals surface area contributed by atoms with Crippen LogP contribution < -0.4 is 10.6 Å². The van der Waals surface area contributed by atoms with Gasteiger partial charge in [-0.3, -0.25) is 4.79 Å². The third-order valence-corrected chi connectivity index (χ3v) is 5.14. The Morgan fingerprint density at radius 3 is 2.73 bits per heavy atom. The molecule has 0 unspecified atom stereocenters. The van der Waals surface area contributed by atoms with Crippen molar-refractivity contribution in [1.82, 2.24) is 15.3 Å². The molecule has 1 aromatic carbocycles. The van der Waals surface area contributed by atoms with Gasteiger partial charge in [0.15, 0.2) is 0 Å². The molecule has 0 saturated carbocycles. The normalized spacial score (nSPS) is 10.9. The van der Waals surface area contributed by atoms with E-state index in [2.05, 4.69) is 33.6 Å². The average molecular weight is 372 g/mol. The van der Waals surface area contributed by atoms with Crippen molar-refractivity contribution < 1.29 is 9.18 Å². The van der Waals surface area contributed by atoms with Crippen LogP contribution in [0.25, 0.3) is 10.2 Å². The van der Waals surface area contributed by atoms with Crippen LogP contribution in [-0.4, -0.2) is 29.0 Å². The lowest BCUT2D eigenvalue weighted by atomic mass is 10.1. The van der Waals surface area contributed by atoms with E-state index in [4.69, 9.17) is 0 Å². The molecule has 136 valence electrons. The van der Waals surface area contributed by atoms with Crippen molar-refractivity contribution in [2.45, 2.75) is 26.7 Å². The molecule has 0 spiro atoms. The lowest BCUT2D eigenvalue weighted by Gasteiger charge is -2.09. The number of benzene rings is 1. The highest BCUT2D eigenvalue weighted by molar-refractivity contribution is 7.18. The summed E-state index contributed by atoms with van der Waals surface area (Å²) in [6.07, 6.45) is 1.61. The minimum Gasteiger partial charge on any atom is -0.360 e. The minimum absolute atomic E-state index is 0.109. The number of aromatic nitrogens is 2. The van der Waals surface area contributed by atoms with E-state index in [0.29, 0.717) is 24.6 Å². The van der Waals surface area contributed by atoms with Crippen molar-refractivity contribution in [2.24, 2.45) is 0 Å². The molecule has 2 aromatic heterocycles. The molecular formula is C19H21FN4OS. The summed E-state index contributed by atoms with van der Waals surface area (Å²) in [4.78, 5) is 23.1. The van der Waals surface area contributed by atoms with Crippen LogP contribution in [0.5, 0.6) is 0 Å². The summed E-state index contributed by atoms with van der Waals surface area (Å²) in [5, 5.41) is 6.93. The SMILES string of the molecule is CCc1cc2c(NCC(=O)NCCc3ccc(F)cc3)nc(C)nc2s1. The number of nitrogens with zero attached hydrogens (tertiary/aromatic N) is 2. The van der Waals surface area contributed by atoms with Crippen molar-refractivity contribution in [3.63, 3.8) is 0 Å². The zero-order chi connectivity index (χ0) is 18.5. The number of nitrogens with one attached hydrogen (secondary N) is 2. The van der Waals surface area contributed by atoms with E-state index >= 15 is 0 Å². The maximum atomic E-state index is 12.9. The second kappa shape index (κ2) is 8.23. The fraction of sp³-hybridized carbons (Fsp3) is 0.316. The summed E-state index contributed by atoms with van der Waals surface area (Å²) in [5.74, 6) is 1.01. The van der Waals surface area contributed by atoms with Crippen molar-refractivity contribution in [3.8, 4) is 0 Å². The summed E-state index contributed by atoms with van der Waals surface area (Å²) in [7, 11) is 0. The molecule has 0 aliphatic carbocycles. The van der Waals surface area contributed by atoms with E-state index in [1.165, 1.54) is 17.0 Å². The molecule has 0 atom stereocenters. The van der Waals surface area contributed by atoms with Gasteiger partial charge in [0.2, 0.25) is 5.91 Å². The molecule has 7 heteroatoms. The maximum Gasteiger partial charge on any atom is 0.239 e. The van der Waals surface area contributed by atoms with Crippen molar-refractivity contribution in [2.75, 3.05) is 18.4 Å². The number of anilines is 1. The second-order valence-electron chi connectivity index (χ2n) is 5.98. The first-order valence-electron chi connectivity index (χ1n) is 8.57. The van der Waals surface area contributed by atoms with Gasteiger partial charge in [-0.2, -0.15) is 0 Å². The third kappa shape index (κ3) is 4.54. The molecule has 0 radical (unpaired) electrons. The number of amides is 1. The van der Waals surface area contributed by atoms with E-state index in [-0.39, 0.29) is 18.3 Å². The molecule has 1 amide bonds. The van der Waals surface area contributed by atoms with Crippen LogP contribution in [0.3, 0.4) is 0 Å². The van der Waals surface area contributed by atoms with Gasteiger partial charge in [-0.05, 0) is 43.5 Å². The molecule has 2 N–H and O–H groups in total. The van der Waals surface area contributed by atoms with Crippen LogP contribution in [-0.2, 0) is 17.6 Å². The van der Waals surface area contributed by atoms with Crippen LogP contribution in [0, 0.1) is 12.7 Å². The Kier molecular flexibility index (Phi) is 5.78. The topological polar surface area (TPSA) is 66.9 Å². The Bertz CT molecular complexity index is 908. The van der Waals surface area contributed by atoms with Gasteiger partial charge in [0.25, 0.3) is 0 Å². The molecule has 3 aromatic rings. The zero-order valence-electron chi connectivity index (χ0n) is 14.8. The molecule has 3 rings (SSSR count). The zero-order valence-corrected chi connectivity index (χ0v) is 15.6. The number of rotatable bonds is 7. The van der Waals surface area contributed by atoms with Crippen LogP contribution >= 0.6 is 11.3 Å². The molecule has 0 bridgehead atoms. The first-order valence-corrected chi connectivity index (χ1v) is 9.39. The molecule has 0 aliphatic rings. The largest absolute Gasteiger partial charge is 0.360 e. The highest BCUT2D eigenvalue weighted by Crippen LogP contribution is 2.29. The Morgan fingerprint density at radius 1 is 1.23 bits per heavy atom. The van der Waals surface area contributed by atoms with E-state index in [1.54, 1.807) is 23.5 Å².